The third kappa shape index (κ3) is 4.45. The highest BCUT2D eigenvalue weighted by atomic mass is 19.1. The van der Waals surface area contributed by atoms with Gasteiger partial charge in [-0.2, -0.15) is 0 Å². The summed E-state index contributed by atoms with van der Waals surface area (Å²) in [5, 5.41) is 0. The van der Waals surface area contributed by atoms with Gasteiger partial charge in [-0.15, -0.1) is 0 Å². The topological polar surface area (TPSA) is 46.6 Å². The molecule has 3 rings (SSSR count). The van der Waals surface area contributed by atoms with Crippen molar-refractivity contribution in [2.45, 2.75) is 32.7 Å². The van der Waals surface area contributed by atoms with E-state index in [9.17, 15) is 14.0 Å². The van der Waals surface area contributed by atoms with Gasteiger partial charge in [0.2, 0.25) is 5.91 Å². The molecule has 0 saturated carbocycles. The van der Waals surface area contributed by atoms with Gasteiger partial charge in [0.05, 0.1) is 12.1 Å². The Bertz CT molecular complexity index is 980. The summed E-state index contributed by atoms with van der Waals surface area (Å²) in [4.78, 5) is 27.4. The molecule has 0 aromatic heterocycles. The second-order valence-electron chi connectivity index (χ2n) is 7.13. The van der Waals surface area contributed by atoms with Gasteiger partial charge in [-0.3, -0.25) is 4.79 Å². The van der Waals surface area contributed by atoms with Crippen LogP contribution in [-0.4, -0.2) is 23.4 Å². The van der Waals surface area contributed by atoms with Crippen molar-refractivity contribution < 1.29 is 18.7 Å². The predicted molar refractivity (Wildman–Crippen MR) is 109 cm³/mol. The Morgan fingerprint density at radius 1 is 1.24 bits per heavy atom. The lowest BCUT2D eigenvalue weighted by molar-refractivity contribution is -0.139. The van der Waals surface area contributed by atoms with Crippen LogP contribution in [0.2, 0.25) is 0 Å². The molecule has 0 aliphatic carbocycles. The molecule has 1 atom stereocenters. The molecule has 1 unspecified atom stereocenters. The van der Waals surface area contributed by atoms with E-state index in [4.69, 9.17) is 4.74 Å². The van der Waals surface area contributed by atoms with Crippen LogP contribution >= 0.6 is 0 Å². The molecule has 2 aromatic rings. The monoisotopic (exact) mass is 393 g/mol. The summed E-state index contributed by atoms with van der Waals surface area (Å²) in [6.45, 7) is 7.65. The minimum absolute atomic E-state index is 0.00259. The van der Waals surface area contributed by atoms with Crippen molar-refractivity contribution in [3.63, 3.8) is 0 Å². The van der Waals surface area contributed by atoms with Gasteiger partial charge < -0.3 is 9.64 Å². The van der Waals surface area contributed by atoms with Gasteiger partial charge in [0.15, 0.2) is 0 Å². The number of ether oxygens (including phenoxy) is 1. The van der Waals surface area contributed by atoms with Crippen molar-refractivity contribution >= 4 is 11.9 Å². The highest BCUT2D eigenvalue weighted by Crippen LogP contribution is 2.38. The van der Waals surface area contributed by atoms with Gasteiger partial charge >= 0.3 is 5.97 Å². The number of amides is 1. The molecule has 0 fully saturated rings. The first-order chi connectivity index (χ1) is 13.9. The van der Waals surface area contributed by atoms with Crippen molar-refractivity contribution in [2.24, 2.45) is 0 Å². The molecule has 5 heteroatoms. The van der Waals surface area contributed by atoms with Crippen molar-refractivity contribution in [2.75, 3.05) is 6.61 Å². The van der Waals surface area contributed by atoms with Crippen LogP contribution in [0.3, 0.4) is 0 Å². The highest BCUT2D eigenvalue weighted by molar-refractivity contribution is 5.96. The summed E-state index contributed by atoms with van der Waals surface area (Å²) < 4.78 is 19.8. The third-order valence-corrected chi connectivity index (χ3v) is 5.08. The normalized spacial score (nSPS) is 16.7. The minimum Gasteiger partial charge on any atom is -0.458 e. The molecular weight excluding hydrogens is 369 g/mol. The van der Waals surface area contributed by atoms with E-state index < -0.39 is 17.7 Å². The zero-order valence-corrected chi connectivity index (χ0v) is 16.7. The van der Waals surface area contributed by atoms with Crippen LogP contribution in [0, 0.1) is 12.7 Å². The first kappa shape index (κ1) is 20.5. The van der Waals surface area contributed by atoms with Gasteiger partial charge in [-0.25, -0.2) is 9.18 Å². The molecule has 0 N–H and O–H groups in total. The van der Waals surface area contributed by atoms with E-state index >= 15 is 0 Å². The summed E-state index contributed by atoms with van der Waals surface area (Å²) in [6.07, 6.45) is 1.48. The van der Waals surface area contributed by atoms with Crippen molar-refractivity contribution in [1.82, 2.24) is 4.90 Å². The van der Waals surface area contributed by atoms with Gasteiger partial charge in [0, 0.05) is 18.0 Å². The molecule has 1 heterocycles. The summed E-state index contributed by atoms with van der Waals surface area (Å²) in [6, 6.07) is 14.1. The number of esters is 1. The van der Waals surface area contributed by atoms with Crippen LogP contribution in [0.1, 0.15) is 36.0 Å². The number of benzene rings is 2. The fourth-order valence-corrected chi connectivity index (χ4v) is 3.70. The largest absolute Gasteiger partial charge is 0.458 e. The van der Waals surface area contributed by atoms with Crippen LogP contribution in [0.25, 0.3) is 0 Å². The predicted octanol–water partition coefficient (Wildman–Crippen LogP) is 4.65. The Kier molecular flexibility index (Phi) is 6.27. The summed E-state index contributed by atoms with van der Waals surface area (Å²) >= 11 is 0. The standard InChI is InChI=1S/C24H24FNO3/c1-4-12-29-24(28)23-17(3)26(15-18-9-7-8-16(2)13-18)22(27)14-20(23)19-10-5-6-11-21(19)25/h4-11,13,20H,1,12,14-15H2,2-3H3. The molecule has 0 radical (unpaired) electrons. The molecular formula is C24H24FNO3. The number of allylic oxidation sites excluding steroid dienone is 1. The lowest BCUT2D eigenvalue weighted by atomic mass is 9.83. The average molecular weight is 393 g/mol. The van der Waals surface area contributed by atoms with Crippen LogP contribution in [0.15, 0.2) is 72.5 Å². The average Bonchev–Trinajstić information content (AvgIpc) is 2.69. The van der Waals surface area contributed by atoms with Crippen LogP contribution < -0.4 is 0 Å². The Labute approximate surface area is 170 Å². The van der Waals surface area contributed by atoms with Crippen molar-refractivity contribution in [1.29, 1.82) is 0 Å². The zero-order valence-electron chi connectivity index (χ0n) is 16.7. The quantitative estimate of drug-likeness (QED) is 0.530. The lowest BCUT2D eigenvalue weighted by Crippen LogP contribution is -2.38. The number of carbonyl (C=O) groups excluding carboxylic acids is 2. The minimum atomic E-state index is -0.685. The molecule has 4 nitrogen and oxygen atoms in total. The van der Waals surface area contributed by atoms with Crippen molar-refractivity contribution in [3.05, 3.63) is 95.0 Å². The molecule has 1 amide bonds. The maximum Gasteiger partial charge on any atom is 0.336 e. The van der Waals surface area contributed by atoms with E-state index in [1.165, 1.54) is 12.1 Å². The van der Waals surface area contributed by atoms with Crippen LogP contribution in [-0.2, 0) is 20.9 Å². The molecule has 2 aromatic carbocycles. The van der Waals surface area contributed by atoms with Crippen LogP contribution in [0.4, 0.5) is 4.39 Å². The highest BCUT2D eigenvalue weighted by Gasteiger charge is 2.37. The molecule has 0 bridgehead atoms. The number of rotatable bonds is 6. The lowest BCUT2D eigenvalue weighted by Gasteiger charge is -2.34. The van der Waals surface area contributed by atoms with E-state index in [0.29, 0.717) is 23.4 Å². The van der Waals surface area contributed by atoms with E-state index in [0.717, 1.165) is 11.1 Å². The zero-order chi connectivity index (χ0) is 21.0. The molecule has 150 valence electrons. The maximum absolute atomic E-state index is 14.5. The summed E-state index contributed by atoms with van der Waals surface area (Å²) in [7, 11) is 0. The Hall–Kier alpha value is -3.21. The van der Waals surface area contributed by atoms with Gasteiger partial charge in [-0.05, 0) is 31.0 Å². The number of aryl methyl sites for hydroxylation is 1. The van der Waals surface area contributed by atoms with Gasteiger partial charge in [-0.1, -0.05) is 60.7 Å². The fraction of sp³-hybridized carbons (Fsp3) is 0.250. The molecule has 0 saturated heterocycles. The first-order valence-electron chi connectivity index (χ1n) is 9.51. The Morgan fingerprint density at radius 3 is 2.69 bits per heavy atom. The molecule has 1 aliphatic rings. The summed E-state index contributed by atoms with van der Waals surface area (Å²) in [5.74, 6) is -1.84. The SMILES string of the molecule is C=CCOC(=O)C1=C(C)N(Cc2cccc(C)c2)C(=O)CC1c1ccccc1F. The number of halogens is 1. The van der Waals surface area contributed by atoms with Gasteiger partial charge in [0.1, 0.15) is 12.4 Å². The van der Waals surface area contributed by atoms with E-state index in [-0.39, 0.29) is 18.9 Å². The smallest absolute Gasteiger partial charge is 0.336 e. The first-order valence-corrected chi connectivity index (χ1v) is 9.51. The van der Waals surface area contributed by atoms with Crippen LogP contribution in [0.5, 0.6) is 0 Å². The fourth-order valence-electron chi connectivity index (χ4n) is 3.70. The second kappa shape index (κ2) is 8.86. The number of nitrogens with zero attached hydrogens (tertiary/aromatic N) is 1. The van der Waals surface area contributed by atoms with E-state index in [2.05, 4.69) is 6.58 Å². The van der Waals surface area contributed by atoms with Gasteiger partial charge in [0.25, 0.3) is 0 Å². The number of hydrogen-bond acceptors (Lipinski definition) is 3. The second-order valence-corrected chi connectivity index (χ2v) is 7.13. The Morgan fingerprint density at radius 2 is 2.00 bits per heavy atom. The molecule has 0 spiro atoms. The summed E-state index contributed by atoms with van der Waals surface area (Å²) in [5.41, 5.74) is 3.17. The van der Waals surface area contributed by atoms with E-state index in [1.807, 2.05) is 31.2 Å². The molecule has 29 heavy (non-hydrogen) atoms. The third-order valence-electron chi connectivity index (χ3n) is 5.08. The van der Waals surface area contributed by atoms with E-state index in [1.54, 1.807) is 30.0 Å². The maximum atomic E-state index is 14.5. The van der Waals surface area contributed by atoms with Crippen molar-refractivity contribution in [3.8, 4) is 0 Å². The number of hydrogen-bond donors (Lipinski definition) is 0. The Balaban J connectivity index is 2.04. The molecule has 1 aliphatic heterocycles. The number of carbonyl (C=O) groups is 2.